The van der Waals surface area contributed by atoms with E-state index in [-0.39, 0.29) is 23.8 Å². The van der Waals surface area contributed by atoms with E-state index in [9.17, 15) is 5.11 Å². The van der Waals surface area contributed by atoms with Crippen molar-refractivity contribution in [1.29, 1.82) is 0 Å². The van der Waals surface area contributed by atoms with Crippen molar-refractivity contribution in [3.05, 3.63) is 5.28 Å². The van der Waals surface area contributed by atoms with Crippen LogP contribution in [0.3, 0.4) is 0 Å². The Morgan fingerprint density at radius 1 is 1.37 bits per heavy atom. The largest absolute Gasteiger partial charge is 0.464 e. The van der Waals surface area contributed by atoms with Crippen LogP contribution in [0.25, 0.3) is 0 Å². The van der Waals surface area contributed by atoms with Gasteiger partial charge in [0.25, 0.3) is 0 Å². The van der Waals surface area contributed by atoms with Gasteiger partial charge in [-0.2, -0.15) is 15.0 Å². The van der Waals surface area contributed by atoms with Crippen molar-refractivity contribution in [2.45, 2.75) is 19.4 Å². The van der Waals surface area contributed by atoms with Crippen LogP contribution in [0.1, 0.15) is 13.8 Å². The van der Waals surface area contributed by atoms with Crippen molar-refractivity contribution in [3.63, 3.8) is 0 Å². The van der Waals surface area contributed by atoms with Crippen molar-refractivity contribution in [3.8, 4) is 6.01 Å². The Hall–Kier alpha value is -1.18. The zero-order valence-corrected chi connectivity index (χ0v) is 12.4. The molecule has 0 fully saturated rings. The second kappa shape index (κ2) is 6.83. The Balaban J connectivity index is 2.66. The van der Waals surface area contributed by atoms with E-state index in [1.165, 1.54) is 0 Å². The van der Waals surface area contributed by atoms with Crippen molar-refractivity contribution < 1.29 is 9.84 Å². The third-order valence-corrected chi connectivity index (χ3v) is 2.31. The lowest BCUT2D eigenvalue weighted by atomic mass is 10.1. The van der Waals surface area contributed by atoms with Crippen molar-refractivity contribution in [2.75, 3.05) is 39.1 Å². The number of hydrogen-bond acceptors (Lipinski definition) is 7. The third kappa shape index (κ3) is 6.00. The molecule has 1 rings (SSSR count). The molecule has 1 aromatic heterocycles. The smallest absolute Gasteiger partial charge is 0.322 e. The maximum atomic E-state index is 10.1. The van der Waals surface area contributed by atoms with E-state index in [0.29, 0.717) is 13.2 Å². The van der Waals surface area contributed by atoms with Gasteiger partial charge in [0.15, 0.2) is 0 Å². The highest BCUT2D eigenvalue weighted by atomic mass is 35.5. The molecule has 0 radical (unpaired) electrons. The average Bonchev–Trinajstić information content (AvgIpc) is 2.24. The molecule has 7 nitrogen and oxygen atoms in total. The molecule has 0 spiro atoms. The van der Waals surface area contributed by atoms with Gasteiger partial charge in [0, 0.05) is 13.1 Å². The molecule has 8 heteroatoms. The quantitative estimate of drug-likeness (QED) is 0.762. The predicted molar refractivity (Wildman–Crippen MR) is 73.7 cm³/mol. The standard InChI is InChI=1S/C11H20ClN5O2/c1-5-19-10-15-8(12)14-9(16-10)13-6-11(2,18)7-17(3)4/h18H,5-7H2,1-4H3,(H,13,14,15,16). The number of ether oxygens (including phenoxy) is 1. The molecule has 19 heavy (non-hydrogen) atoms. The highest BCUT2D eigenvalue weighted by Crippen LogP contribution is 2.13. The lowest BCUT2D eigenvalue weighted by molar-refractivity contribution is 0.0458. The summed E-state index contributed by atoms with van der Waals surface area (Å²) in [4.78, 5) is 13.7. The second-order valence-corrected chi connectivity index (χ2v) is 5.07. The van der Waals surface area contributed by atoms with Crippen LogP contribution in [0.2, 0.25) is 5.28 Å². The Morgan fingerprint density at radius 2 is 2.05 bits per heavy atom. The molecular weight excluding hydrogens is 270 g/mol. The van der Waals surface area contributed by atoms with Gasteiger partial charge in [-0.15, -0.1) is 0 Å². The fourth-order valence-corrected chi connectivity index (χ4v) is 1.76. The molecule has 0 bridgehead atoms. The number of aromatic nitrogens is 3. The van der Waals surface area contributed by atoms with E-state index in [2.05, 4.69) is 20.3 Å². The van der Waals surface area contributed by atoms with Gasteiger partial charge in [0.05, 0.1) is 12.2 Å². The molecular formula is C11H20ClN5O2. The van der Waals surface area contributed by atoms with Crippen LogP contribution >= 0.6 is 11.6 Å². The number of nitrogens with zero attached hydrogens (tertiary/aromatic N) is 4. The number of likely N-dealkylation sites (N-methyl/N-ethyl adjacent to an activating group) is 1. The molecule has 0 amide bonds. The summed E-state index contributed by atoms with van der Waals surface area (Å²) in [5.74, 6) is 0.280. The summed E-state index contributed by atoms with van der Waals surface area (Å²) in [5, 5.41) is 13.1. The van der Waals surface area contributed by atoms with E-state index in [1.807, 2.05) is 25.9 Å². The van der Waals surface area contributed by atoms with Crippen LogP contribution in [0.4, 0.5) is 5.95 Å². The normalized spacial score (nSPS) is 14.3. The molecule has 1 unspecified atom stereocenters. The molecule has 0 aromatic carbocycles. The number of aliphatic hydroxyl groups is 1. The summed E-state index contributed by atoms with van der Waals surface area (Å²) in [6, 6.07) is 0.164. The van der Waals surface area contributed by atoms with Crippen LogP contribution in [0, 0.1) is 0 Å². The van der Waals surface area contributed by atoms with Gasteiger partial charge in [0.1, 0.15) is 0 Å². The van der Waals surface area contributed by atoms with Crippen molar-refractivity contribution >= 4 is 17.5 Å². The van der Waals surface area contributed by atoms with Gasteiger partial charge < -0.3 is 20.1 Å². The van der Waals surface area contributed by atoms with Gasteiger partial charge in [0.2, 0.25) is 11.2 Å². The summed E-state index contributed by atoms with van der Waals surface area (Å²) in [5.41, 5.74) is -0.908. The molecule has 0 saturated heterocycles. The highest BCUT2D eigenvalue weighted by Gasteiger charge is 2.21. The summed E-state index contributed by atoms with van der Waals surface area (Å²) in [6.45, 7) is 4.80. The van der Waals surface area contributed by atoms with Crippen LogP contribution in [-0.2, 0) is 0 Å². The maximum Gasteiger partial charge on any atom is 0.322 e. The fraction of sp³-hybridized carbons (Fsp3) is 0.727. The van der Waals surface area contributed by atoms with Crippen LogP contribution < -0.4 is 10.1 Å². The first-order chi connectivity index (χ1) is 8.82. The molecule has 0 aliphatic carbocycles. The van der Waals surface area contributed by atoms with Gasteiger partial charge in [-0.05, 0) is 39.5 Å². The molecule has 0 aliphatic heterocycles. The Morgan fingerprint density at radius 3 is 2.63 bits per heavy atom. The van der Waals surface area contributed by atoms with Crippen molar-refractivity contribution in [2.24, 2.45) is 0 Å². The number of halogens is 1. The molecule has 1 atom stereocenters. The first kappa shape index (κ1) is 15.9. The lowest BCUT2D eigenvalue weighted by Crippen LogP contribution is -2.43. The second-order valence-electron chi connectivity index (χ2n) is 4.73. The van der Waals surface area contributed by atoms with E-state index in [0.717, 1.165) is 0 Å². The molecule has 2 N–H and O–H groups in total. The Labute approximate surface area is 118 Å². The van der Waals surface area contributed by atoms with E-state index in [1.54, 1.807) is 6.92 Å². The fourth-order valence-electron chi connectivity index (χ4n) is 1.61. The number of anilines is 1. The summed E-state index contributed by atoms with van der Waals surface area (Å²) in [6.07, 6.45) is 0. The first-order valence-corrected chi connectivity index (χ1v) is 6.35. The Bertz CT molecular complexity index is 414. The van der Waals surface area contributed by atoms with E-state index < -0.39 is 5.60 Å². The minimum absolute atomic E-state index is 0.0493. The zero-order valence-electron chi connectivity index (χ0n) is 11.6. The number of nitrogens with one attached hydrogen (secondary N) is 1. The van der Waals surface area contributed by atoms with E-state index in [4.69, 9.17) is 16.3 Å². The minimum atomic E-state index is -0.908. The van der Waals surface area contributed by atoms with E-state index >= 15 is 0 Å². The molecule has 1 aromatic rings. The monoisotopic (exact) mass is 289 g/mol. The van der Waals surface area contributed by atoms with Gasteiger partial charge in [-0.3, -0.25) is 0 Å². The topological polar surface area (TPSA) is 83.4 Å². The summed E-state index contributed by atoms with van der Waals surface area (Å²) < 4.78 is 5.17. The maximum absolute atomic E-state index is 10.1. The minimum Gasteiger partial charge on any atom is -0.464 e. The van der Waals surface area contributed by atoms with Crippen LogP contribution in [0.15, 0.2) is 0 Å². The van der Waals surface area contributed by atoms with Gasteiger partial charge >= 0.3 is 6.01 Å². The van der Waals surface area contributed by atoms with Gasteiger partial charge in [-0.1, -0.05) is 0 Å². The SMILES string of the molecule is CCOc1nc(Cl)nc(NCC(C)(O)CN(C)C)n1. The third-order valence-electron chi connectivity index (χ3n) is 2.15. The molecule has 0 aliphatic rings. The van der Waals surface area contributed by atoms with Crippen LogP contribution in [-0.4, -0.2) is 64.4 Å². The van der Waals surface area contributed by atoms with Crippen molar-refractivity contribution in [1.82, 2.24) is 19.9 Å². The molecule has 1 heterocycles. The number of hydrogen-bond donors (Lipinski definition) is 2. The van der Waals surface area contributed by atoms with Crippen LogP contribution in [0.5, 0.6) is 6.01 Å². The predicted octanol–water partition coefficient (Wildman–Crippen LogP) is 0.648. The van der Waals surface area contributed by atoms with Gasteiger partial charge in [-0.25, -0.2) is 0 Å². The Kier molecular flexibility index (Phi) is 5.71. The highest BCUT2D eigenvalue weighted by molar-refractivity contribution is 6.28. The molecule has 108 valence electrons. The first-order valence-electron chi connectivity index (χ1n) is 5.98. The number of rotatable bonds is 7. The summed E-state index contributed by atoms with van der Waals surface area (Å²) in [7, 11) is 3.78. The average molecular weight is 290 g/mol. The zero-order chi connectivity index (χ0) is 14.5. The lowest BCUT2D eigenvalue weighted by Gasteiger charge is -2.27. The molecule has 0 saturated carbocycles. The summed E-state index contributed by atoms with van der Waals surface area (Å²) >= 11 is 5.77.